The summed E-state index contributed by atoms with van der Waals surface area (Å²) in [5, 5.41) is 0. The Morgan fingerprint density at radius 1 is 1.43 bits per heavy atom. The number of nitrogens with zero attached hydrogens (tertiary/aromatic N) is 2. The summed E-state index contributed by atoms with van der Waals surface area (Å²) in [5.74, 6) is 0.113. The lowest BCUT2D eigenvalue weighted by atomic mass is 10.0. The van der Waals surface area contributed by atoms with Crippen LogP contribution in [0.1, 0.15) is 12.8 Å². The molecule has 4 nitrogen and oxygen atoms in total. The van der Waals surface area contributed by atoms with Gasteiger partial charge in [0.2, 0.25) is 5.91 Å². The quantitative estimate of drug-likeness (QED) is 0.546. The Morgan fingerprint density at radius 2 is 2.21 bits per heavy atom. The van der Waals surface area contributed by atoms with Gasteiger partial charge in [0, 0.05) is 13.6 Å². The molecule has 2 aliphatic rings. The highest BCUT2D eigenvalue weighted by molar-refractivity contribution is 5.78. The van der Waals surface area contributed by atoms with Gasteiger partial charge in [-0.3, -0.25) is 4.79 Å². The minimum absolute atomic E-state index is 0.113. The summed E-state index contributed by atoms with van der Waals surface area (Å²) in [4.78, 5) is 15.6. The topological polar surface area (TPSA) is 32.8 Å². The smallest absolute Gasteiger partial charge is 0.248 e. The average Bonchev–Trinajstić information content (AvgIpc) is 2.34. The van der Waals surface area contributed by atoms with Gasteiger partial charge in [0.05, 0.1) is 12.1 Å². The van der Waals surface area contributed by atoms with Crippen molar-refractivity contribution in [2.24, 2.45) is 0 Å². The van der Waals surface area contributed by atoms with E-state index in [-0.39, 0.29) is 24.7 Å². The van der Waals surface area contributed by atoms with Gasteiger partial charge in [-0.25, -0.2) is 0 Å². The number of amides is 1. The van der Waals surface area contributed by atoms with Crippen LogP contribution in [0.15, 0.2) is 0 Å². The zero-order chi connectivity index (χ0) is 10.1. The van der Waals surface area contributed by atoms with Crippen LogP contribution in [-0.4, -0.2) is 61.6 Å². The van der Waals surface area contributed by atoms with Crippen LogP contribution < -0.4 is 0 Å². The minimum atomic E-state index is 0.113. The largest absolute Gasteiger partial charge is 0.366 e. The molecule has 2 heterocycles. The zero-order valence-electron chi connectivity index (χ0n) is 8.90. The van der Waals surface area contributed by atoms with Crippen molar-refractivity contribution in [1.29, 1.82) is 0 Å². The molecular formula is C10H18N2O2. The van der Waals surface area contributed by atoms with Crippen LogP contribution in [0, 0.1) is 0 Å². The molecule has 2 saturated heterocycles. The van der Waals surface area contributed by atoms with Crippen molar-refractivity contribution < 1.29 is 9.53 Å². The van der Waals surface area contributed by atoms with Gasteiger partial charge < -0.3 is 14.5 Å². The maximum atomic E-state index is 11.5. The molecule has 0 aromatic heterocycles. The van der Waals surface area contributed by atoms with Gasteiger partial charge in [0.15, 0.2) is 0 Å². The summed E-state index contributed by atoms with van der Waals surface area (Å²) in [6.45, 7) is 2.31. The van der Waals surface area contributed by atoms with Crippen LogP contribution in [0.3, 0.4) is 0 Å². The summed E-state index contributed by atoms with van der Waals surface area (Å²) in [7, 11) is 4.00. The third-order valence-corrected chi connectivity index (χ3v) is 3.27. The fraction of sp³-hybridized carbons (Fsp3) is 0.900. The second kappa shape index (κ2) is 3.87. The monoisotopic (exact) mass is 198 g/mol. The number of carbonyl (C=O) groups is 1. The highest BCUT2D eigenvalue weighted by Crippen LogP contribution is 2.21. The summed E-state index contributed by atoms with van der Waals surface area (Å²) < 4.78 is 5.58. The first kappa shape index (κ1) is 9.93. The van der Waals surface area contributed by atoms with E-state index < -0.39 is 0 Å². The molecule has 0 aromatic rings. The van der Waals surface area contributed by atoms with Gasteiger partial charge in [0.25, 0.3) is 0 Å². The van der Waals surface area contributed by atoms with Crippen LogP contribution in [0.25, 0.3) is 0 Å². The van der Waals surface area contributed by atoms with Crippen LogP contribution in [0.2, 0.25) is 0 Å². The maximum absolute atomic E-state index is 11.5. The lowest BCUT2D eigenvalue weighted by molar-refractivity contribution is -0.154. The number of likely N-dealkylation sites (tertiary alicyclic amines) is 1. The lowest BCUT2D eigenvalue weighted by Gasteiger charge is -2.38. The minimum Gasteiger partial charge on any atom is -0.366 e. The van der Waals surface area contributed by atoms with Gasteiger partial charge in [-0.1, -0.05) is 0 Å². The van der Waals surface area contributed by atoms with Crippen molar-refractivity contribution in [2.75, 3.05) is 33.8 Å². The molecule has 0 aromatic carbocycles. The normalized spacial score (nSPS) is 35.3. The Bertz CT molecular complexity index is 232. The molecule has 1 amide bonds. The Kier molecular flexibility index (Phi) is 2.74. The van der Waals surface area contributed by atoms with E-state index in [0.29, 0.717) is 0 Å². The third kappa shape index (κ3) is 1.77. The van der Waals surface area contributed by atoms with Crippen molar-refractivity contribution >= 4 is 5.91 Å². The number of fused-ring (bicyclic) bond motifs is 1. The van der Waals surface area contributed by atoms with E-state index in [2.05, 4.69) is 11.9 Å². The molecule has 0 saturated carbocycles. The van der Waals surface area contributed by atoms with E-state index in [1.54, 1.807) is 0 Å². The fourth-order valence-electron chi connectivity index (χ4n) is 2.31. The number of hydrogen-bond donors (Lipinski definition) is 0. The number of carbonyl (C=O) groups excluding carboxylic acids is 1. The highest BCUT2D eigenvalue weighted by Gasteiger charge is 2.36. The van der Waals surface area contributed by atoms with Crippen LogP contribution in [-0.2, 0) is 9.53 Å². The second-order valence-corrected chi connectivity index (χ2v) is 4.33. The molecule has 0 spiro atoms. The van der Waals surface area contributed by atoms with E-state index in [0.717, 1.165) is 19.5 Å². The Morgan fingerprint density at radius 3 is 3.00 bits per heavy atom. The van der Waals surface area contributed by atoms with Crippen LogP contribution in [0.5, 0.6) is 0 Å². The van der Waals surface area contributed by atoms with E-state index in [1.165, 1.54) is 6.42 Å². The van der Waals surface area contributed by atoms with Crippen molar-refractivity contribution in [1.82, 2.24) is 9.80 Å². The number of rotatable bonds is 0. The lowest BCUT2D eigenvalue weighted by Crippen LogP contribution is -2.55. The van der Waals surface area contributed by atoms with E-state index in [9.17, 15) is 4.79 Å². The number of ether oxygens (including phenoxy) is 1. The molecule has 2 atom stereocenters. The van der Waals surface area contributed by atoms with Crippen molar-refractivity contribution in [3.8, 4) is 0 Å². The van der Waals surface area contributed by atoms with Gasteiger partial charge in [-0.05, 0) is 26.4 Å². The molecule has 80 valence electrons. The molecule has 2 fully saturated rings. The molecule has 0 bridgehead atoms. The summed E-state index contributed by atoms with van der Waals surface area (Å²) >= 11 is 0. The molecule has 4 heteroatoms. The first-order valence-electron chi connectivity index (χ1n) is 5.24. The second-order valence-electron chi connectivity index (χ2n) is 4.33. The first-order valence-corrected chi connectivity index (χ1v) is 5.24. The maximum Gasteiger partial charge on any atom is 0.248 e. The SMILES string of the molecule is CN1CCCC2OCC(=O)N(C)C2C1. The molecule has 0 N–H and O–H groups in total. The molecule has 0 aliphatic carbocycles. The molecule has 2 rings (SSSR count). The van der Waals surface area contributed by atoms with E-state index in [1.807, 2.05) is 11.9 Å². The fourth-order valence-corrected chi connectivity index (χ4v) is 2.31. The average molecular weight is 198 g/mol. The van der Waals surface area contributed by atoms with Crippen molar-refractivity contribution in [3.05, 3.63) is 0 Å². The third-order valence-electron chi connectivity index (χ3n) is 3.27. The molecule has 2 aliphatic heterocycles. The van der Waals surface area contributed by atoms with Gasteiger partial charge in [-0.2, -0.15) is 0 Å². The molecule has 2 unspecified atom stereocenters. The summed E-state index contributed by atoms with van der Waals surface area (Å²) in [5.41, 5.74) is 0. The van der Waals surface area contributed by atoms with Crippen molar-refractivity contribution in [3.63, 3.8) is 0 Å². The van der Waals surface area contributed by atoms with Crippen LogP contribution >= 0.6 is 0 Å². The van der Waals surface area contributed by atoms with Crippen LogP contribution in [0.4, 0.5) is 0 Å². The number of likely N-dealkylation sites (N-methyl/N-ethyl adjacent to an activating group) is 2. The molecular weight excluding hydrogens is 180 g/mol. The van der Waals surface area contributed by atoms with E-state index in [4.69, 9.17) is 4.74 Å². The zero-order valence-corrected chi connectivity index (χ0v) is 8.90. The predicted octanol–water partition coefficient (Wildman–Crippen LogP) is -0.0622. The number of morpholine rings is 1. The predicted molar refractivity (Wildman–Crippen MR) is 53.0 cm³/mol. The highest BCUT2D eigenvalue weighted by atomic mass is 16.5. The molecule has 14 heavy (non-hydrogen) atoms. The molecule has 0 radical (unpaired) electrons. The van der Waals surface area contributed by atoms with E-state index >= 15 is 0 Å². The van der Waals surface area contributed by atoms with Gasteiger partial charge in [0.1, 0.15) is 6.61 Å². The summed E-state index contributed by atoms with van der Waals surface area (Å²) in [6, 6.07) is 0.253. The number of hydrogen-bond acceptors (Lipinski definition) is 3. The Balaban J connectivity index is 2.10. The summed E-state index contributed by atoms with van der Waals surface area (Å²) in [6.07, 6.45) is 2.49. The first-order chi connectivity index (χ1) is 6.68. The van der Waals surface area contributed by atoms with Gasteiger partial charge in [-0.15, -0.1) is 0 Å². The van der Waals surface area contributed by atoms with Crippen molar-refractivity contribution in [2.45, 2.75) is 25.0 Å². The van der Waals surface area contributed by atoms with Gasteiger partial charge >= 0.3 is 0 Å². The Labute approximate surface area is 84.8 Å². The Hall–Kier alpha value is -0.610. The standard InChI is InChI=1S/C10H18N2O2/c1-11-5-3-4-9-8(6-11)12(2)10(13)7-14-9/h8-9H,3-7H2,1-2H3.